The number of imide groups is 1. The summed E-state index contributed by atoms with van der Waals surface area (Å²) in [7, 11) is 0. The number of hydrazone groups is 1. The van der Waals surface area contributed by atoms with E-state index in [9.17, 15) is 24.5 Å². The number of benzene rings is 2. The first-order valence-corrected chi connectivity index (χ1v) is 9.69. The van der Waals surface area contributed by atoms with Crippen LogP contribution >= 0.6 is 0 Å². The van der Waals surface area contributed by atoms with E-state index in [2.05, 4.69) is 5.10 Å². The summed E-state index contributed by atoms with van der Waals surface area (Å²) >= 11 is 0. The first kappa shape index (κ1) is 18.9. The zero-order chi connectivity index (χ0) is 21.7. The molecule has 9 nitrogen and oxygen atoms in total. The van der Waals surface area contributed by atoms with Crippen LogP contribution in [0.5, 0.6) is 0 Å². The molecule has 0 spiro atoms. The number of nitro benzene ring substituents is 1. The van der Waals surface area contributed by atoms with Crippen LogP contribution in [0.2, 0.25) is 0 Å². The normalized spacial score (nSPS) is 26.2. The number of rotatable bonds is 4. The predicted octanol–water partition coefficient (Wildman–Crippen LogP) is 2.19. The number of amides is 2. The van der Waals surface area contributed by atoms with Gasteiger partial charge in [-0.1, -0.05) is 36.4 Å². The molecule has 0 bridgehead atoms. The number of allylic oxidation sites excluding steroid dienone is 1. The minimum Gasteiger partial charge on any atom is -0.292 e. The summed E-state index contributed by atoms with van der Waals surface area (Å²) in [4.78, 5) is 51.5. The van der Waals surface area contributed by atoms with E-state index in [0.29, 0.717) is 5.56 Å². The number of nitrogens with zero attached hydrogens (tertiary/aromatic N) is 4. The van der Waals surface area contributed by atoms with Gasteiger partial charge in [0.2, 0.25) is 11.8 Å². The van der Waals surface area contributed by atoms with E-state index in [1.54, 1.807) is 47.5 Å². The van der Waals surface area contributed by atoms with E-state index in [0.717, 1.165) is 4.90 Å². The summed E-state index contributed by atoms with van der Waals surface area (Å²) in [5.74, 6) is -2.90. The number of carbonyl (C=O) groups is 3. The highest BCUT2D eigenvalue weighted by atomic mass is 16.6. The van der Waals surface area contributed by atoms with Crippen LogP contribution < -0.4 is 4.90 Å². The van der Waals surface area contributed by atoms with Gasteiger partial charge in [-0.05, 0) is 18.2 Å². The Bertz CT molecular complexity index is 1160. The first-order valence-electron chi connectivity index (χ1n) is 9.69. The van der Waals surface area contributed by atoms with Crippen molar-refractivity contribution in [2.75, 3.05) is 4.90 Å². The number of Topliss-reactive ketones (excluding diaryl/α,β-unsaturated/α-hetero) is 1. The number of non-ortho nitro benzene ring substituents is 1. The Labute approximate surface area is 176 Å². The fourth-order valence-corrected chi connectivity index (χ4v) is 4.59. The maximum absolute atomic E-state index is 13.4. The number of ketones is 1. The Balaban J connectivity index is 1.55. The van der Waals surface area contributed by atoms with Crippen LogP contribution in [-0.4, -0.2) is 45.8 Å². The van der Waals surface area contributed by atoms with Gasteiger partial charge in [0, 0.05) is 23.9 Å². The number of anilines is 1. The molecule has 0 aliphatic carbocycles. The van der Waals surface area contributed by atoms with E-state index in [1.165, 1.54) is 30.5 Å². The van der Waals surface area contributed by atoms with Crippen molar-refractivity contribution < 1.29 is 19.3 Å². The van der Waals surface area contributed by atoms with E-state index >= 15 is 0 Å². The molecule has 154 valence electrons. The molecule has 0 unspecified atom stereocenters. The lowest BCUT2D eigenvalue weighted by Crippen LogP contribution is -2.46. The summed E-state index contributed by atoms with van der Waals surface area (Å²) in [6.07, 6.45) is 5.00. The van der Waals surface area contributed by atoms with Gasteiger partial charge in [0.25, 0.3) is 5.69 Å². The average molecular weight is 416 g/mol. The van der Waals surface area contributed by atoms with Crippen molar-refractivity contribution in [1.82, 2.24) is 5.01 Å². The van der Waals surface area contributed by atoms with Crippen LogP contribution in [0, 0.1) is 22.0 Å². The van der Waals surface area contributed by atoms with E-state index in [4.69, 9.17) is 0 Å². The number of fused-ring (bicyclic) bond motifs is 3. The molecule has 2 aromatic carbocycles. The summed E-state index contributed by atoms with van der Waals surface area (Å²) in [5, 5.41) is 16.8. The Morgan fingerprint density at radius 2 is 1.65 bits per heavy atom. The largest absolute Gasteiger partial charge is 0.292 e. The number of hydrogen-bond acceptors (Lipinski definition) is 7. The Hall–Kier alpha value is -4.14. The first-order chi connectivity index (χ1) is 15.0. The minimum absolute atomic E-state index is 0.143. The van der Waals surface area contributed by atoms with E-state index in [1.807, 2.05) is 0 Å². The lowest BCUT2D eigenvalue weighted by Gasteiger charge is -2.30. The second-order valence-corrected chi connectivity index (χ2v) is 7.53. The van der Waals surface area contributed by atoms with Gasteiger partial charge in [0.15, 0.2) is 5.78 Å². The van der Waals surface area contributed by atoms with Gasteiger partial charge in [-0.25, -0.2) is 4.90 Å². The third-order valence-corrected chi connectivity index (χ3v) is 5.94. The monoisotopic (exact) mass is 416 g/mol. The molecule has 0 aromatic heterocycles. The van der Waals surface area contributed by atoms with Crippen molar-refractivity contribution >= 4 is 35.2 Å². The second-order valence-electron chi connectivity index (χ2n) is 7.53. The van der Waals surface area contributed by atoms with Gasteiger partial charge in [-0.2, -0.15) is 5.10 Å². The molecule has 3 aliphatic rings. The zero-order valence-corrected chi connectivity index (χ0v) is 16.1. The molecule has 4 atom stereocenters. The Kier molecular flexibility index (Phi) is 4.25. The lowest BCUT2D eigenvalue weighted by molar-refractivity contribution is -0.384. The van der Waals surface area contributed by atoms with Gasteiger partial charge in [0.1, 0.15) is 6.04 Å². The van der Waals surface area contributed by atoms with Gasteiger partial charge >= 0.3 is 0 Å². The highest BCUT2D eigenvalue weighted by molar-refractivity contribution is 6.24. The Morgan fingerprint density at radius 1 is 0.968 bits per heavy atom. The smallest absolute Gasteiger partial charge is 0.269 e. The number of nitro groups is 1. The molecule has 0 saturated carbocycles. The van der Waals surface area contributed by atoms with Crippen molar-refractivity contribution in [3.05, 3.63) is 82.4 Å². The van der Waals surface area contributed by atoms with Crippen LogP contribution in [0.1, 0.15) is 10.4 Å². The van der Waals surface area contributed by atoms with Crippen LogP contribution in [0.15, 0.2) is 71.9 Å². The van der Waals surface area contributed by atoms with E-state index in [-0.39, 0.29) is 17.2 Å². The molecule has 0 N–H and O–H groups in total. The van der Waals surface area contributed by atoms with Crippen LogP contribution in [0.4, 0.5) is 11.4 Å². The van der Waals surface area contributed by atoms with Crippen molar-refractivity contribution in [1.29, 1.82) is 0 Å². The zero-order valence-electron chi connectivity index (χ0n) is 16.1. The average Bonchev–Trinajstić information content (AvgIpc) is 3.27. The van der Waals surface area contributed by atoms with Gasteiger partial charge in [-0.3, -0.25) is 29.5 Å². The minimum atomic E-state index is -0.918. The summed E-state index contributed by atoms with van der Waals surface area (Å²) < 4.78 is 0. The van der Waals surface area contributed by atoms with Crippen molar-refractivity contribution in [3.63, 3.8) is 0 Å². The fourth-order valence-electron chi connectivity index (χ4n) is 4.59. The predicted molar refractivity (Wildman–Crippen MR) is 110 cm³/mol. The van der Waals surface area contributed by atoms with Gasteiger partial charge in [-0.15, -0.1) is 0 Å². The quantitative estimate of drug-likeness (QED) is 0.327. The molecule has 3 aliphatic heterocycles. The summed E-state index contributed by atoms with van der Waals surface area (Å²) in [5.41, 5.74) is 0.539. The summed E-state index contributed by atoms with van der Waals surface area (Å²) in [6.45, 7) is 0. The standard InChI is InChI=1S/C22H16N4O5/c27-20(13-5-2-1-3-6-13)19-18-17(16-7-4-12-23-25(16)19)21(28)24(22(18)29)14-8-10-15(11-9-14)26(30)31/h1-12,16-19H/t16-,17+,18+,19-/m1/s1. The lowest BCUT2D eigenvalue weighted by atomic mass is 9.86. The second kappa shape index (κ2) is 6.98. The third-order valence-electron chi connectivity index (χ3n) is 5.94. The van der Waals surface area contributed by atoms with Gasteiger partial charge in [0.05, 0.1) is 28.5 Å². The molecule has 2 saturated heterocycles. The van der Waals surface area contributed by atoms with E-state index < -0.39 is 40.7 Å². The molecule has 31 heavy (non-hydrogen) atoms. The fraction of sp³-hybridized carbons (Fsp3) is 0.182. The van der Waals surface area contributed by atoms with Crippen LogP contribution in [0.3, 0.4) is 0 Å². The number of carbonyl (C=O) groups excluding carboxylic acids is 3. The molecule has 3 heterocycles. The SMILES string of the molecule is O=C(c1ccccc1)[C@H]1[C@H]2C(=O)N(c3ccc([N+](=O)[O-])cc3)C(=O)[C@H]2[C@H]2C=CC=NN21. The van der Waals surface area contributed by atoms with Crippen LogP contribution in [0.25, 0.3) is 0 Å². The topological polar surface area (TPSA) is 113 Å². The molecule has 5 rings (SSSR count). The molecule has 9 heteroatoms. The van der Waals surface area contributed by atoms with Crippen LogP contribution in [-0.2, 0) is 9.59 Å². The molecular weight excluding hydrogens is 400 g/mol. The third kappa shape index (κ3) is 2.77. The highest BCUT2D eigenvalue weighted by Crippen LogP contribution is 2.46. The van der Waals surface area contributed by atoms with Crippen molar-refractivity contribution in [3.8, 4) is 0 Å². The Morgan fingerprint density at radius 3 is 2.32 bits per heavy atom. The molecule has 2 fully saturated rings. The van der Waals surface area contributed by atoms with Gasteiger partial charge < -0.3 is 0 Å². The number of hydrogen-bond donors (Lipinski definition) is 0. The highest BCUT2D eigenvalue weighted by Gasteiger charge is 2.64. The van der Waals surface area contributed by atoms with Crippen molar-refractivity contribution in [2.24, 2.45) is 16.9 Å². The molecule has 2 aromatic rings. The maximum atomic E-state index is 13.4. The van der Waals surface area contributed by atoms with Crippen molar-refractivity contribution in [2.45, 2.75) is 12.1 Å². The molecule has 2 amide bonds. The maximum Gasteiger partial charge on any atom is 0.269 e. The molecular formula is C22H16N4O5. The molecule has 0 radical (unpaired) electrons. The summed E-state index contributed by atoms with van der Waals surface area (Å²) in [6, 6.07) is 12.4.